The molecule has 2 heteroatoms. The highest BCUT2D eigenvalue weighted by molar-refractivity contribution is 6.07. The Morgan fingerprint density at radius 3 is 1.57 bits per heavy atom. The Kier molecular flexibility index (Phi) is 8.87. The maximum atomic E-state index is 6.51. The molecule has 0 unspecified atom stereocenters. The first-order valence-electron chi connectivity index (χ1n) is 20.5. The summed E-state index contributed by atoms with van der Waals surface area (Å²) in [5, 5.41) is 4.72. The summed E-state index contributed by atoms with van der Waals surface area (Å²) < 4.78 is 6.51. The first-order valence-corrected chi connectivity index (χ1v) is 20.5. The van der Waals surface area contributed by atoms with Crippen LogP contribution in [0.5, 0.6) is 0 Å². The quantitative estimate of drug-likeness (QED) is 0.153. The lowest BCUT2D eigenvalue weighted by Gasteiger charge is -2.30. The molecule has 1 aromatic heterocycles. The van der Waals surface area contributed by atoms with Crippen LogP contribution in [0.3, 0.4) is 0 Å². The molecule has 0 radical (unpaired) electrons. The zero-order chi connectivity index (χ0) is 39.8. The number of hydrogen-bond acceptors (Lipinski definition) is 2. The minimum atomic E-state index is 0.854. The normalized spacial score (nSPS) is 11.3. The second-order valence-electron chi connectivity index (χ2n) is 15.3. The molecule has 0 atom stereocenters. The van der Waals surface area contributed by atoms with E-state index in [1.807, 2.05) is 12.1 Å². The average Bonchev–Trinajstić information content (AvgIpc) is 3.70. The summed E-state index contributed by atoms with van der Waals surface area (Å²) in [6.07, 6.45) is 0. The number of nitrogens with zero attached hydrogens (tertiary/aromatic N) is 1. The molecule has 1 heterocycles. The summed E-state index contributed by atoms with van der Waals surface area (Å²) in [4.78, 5) is 2.39. The minimum Gasteiger partial charge on any atom is -0.456 e. The Bertz CT molecular complexity index is 3290. The zero-order valence-corrected chi connectivity index (χ0v) is 32.9. The van der Waals surface area contributed by atoms with Crippen molar-refractivity contribution in [1.29, 1.82) is 0 Å². The average molecular weight is 766 g/mol. The first-order chi connectivity index (χ1) is 29.7. The van der Waals surface area contributed by atoms with Gasteiger partial charge in [0, 0.05) is 33.8 Å². The molecular weight excluding hydrogens is 727 g/mol. The highest BCUT2D eigenvalue weighted by Crippen LogP contribution is 2.49. The molecule has 2 nitrogen and oxygen atoms in total. The second kappa shape index (κ2) is 15.1. The Hall–Kier alpha value is -7.94. The highest BCUT2D eigenvalue weighted by atomic mass is 16.3. The van der Waals surface area contributed by atoms with Crippen molar-refractivity contribution in [2.75, 3.05) is 4.90 Å². The number of furan rings is 1. The van der Waals surface area contributed by atoms with E-state index >= 15 is 0 Å². The fourth-order valence-electron chi connectivity index (χ4n) is 8.75. The molecule has 0 aliphatic heterocycles. The molecule has 282 valence electrons. The maximum Gasteiger partial charge on any atom is 0.137 e. The van der Waals surface area contributed by atoms with Gasteiger partial charge in [0.05, 0.1) is 5.69 Å². The van der Waals surface area contributed by atoms with Gasteiger partial charge in [0.25, 0.3) is 0 Å². The largest absolute Gasteiger partial charge is 0.456 e. The molecule has 0 bridgehead atoms. The SMILES string of the molecule is c1ccc(-c2ccccc2-c2c(-c3ccccc3)cccc2N(c2ccc(-c3ccc(-c4ccc5ccccc5c4)cc3)cc2)c2ccc3c(c2)oc2ccccc23)cc1. The van der Waals surface area contributed by atoms with Gasteiger partial charge in [-0.1, -0.05) is 188 Å². The molecule has 0 fully saturated rings. The van der Waals surface area contributed by atoms with Gasteiger partial charge in [0.1, 0.15) is 11.2 Å². The van der Waals surface area contributed by atoms with Gasteiger partial charge in [-0.05, 0) is 103 Å². The monoisotopic (exact) mass is 765 g/mol. The van der Waals surface area contributed by atoms with E-state index in [1.165, 1.54) is 38.6 Å². The van der Waals surface area contributed by atoms with Crippen molar-refractivity contribution in [2.45, 2.75) is 0 Å². The summed E-state index contributed by atoms with van der Waals surface area (Å²) in [7, 11) is 0. The molecule has 0 aliphatic rings. The van der Waals surface area contributed by atoms with Crippen molar-refractivity contribution in [3.05, 3.63) is 237 Å². The fraction of sp³-hybridized carbons (Fsp3) is 0. The fourth-order valence-corrected chi connectivity index (χ4v) is 8.75. The number of para-hydroxylation sites is 1. The lowest BCUT2D eigenvalue weighted by atomic mass is 9.87. The van der Waals surface area contributed by atoms with Gasteiger partial charge in [-0.2, -0.15) is 0 Å². The number of anilines is 3. The van der Waals surface area contributed by atoms with Gasteiger partial charge < -0.3 is 9.32 Å². The number of benzene rings is 10. The van der Waals surface area contributed by atoms with Crippen molar-refractivity contribution < 1.29 is 4.42 Å². The van der Waals surface area contributed by atoms with Crippen LogP contribution in [-0.2, 0) is 0 Å². The van der Waals surface area contributed by atoms with Crippen molar-refractivity contribution >= 4 is 49.8 Å². The van der Waals surface area contributed by atoms with Gasteiger partial charge >= 0.3 is 0 Å². The van der Waals surface area contributed by atoms with Crippen LogP contribution in [0.25, 0.3) is 88.3 Å². The van der Waals surface area contributed by atoms with Gasteiger partial charge in [-0.25, -0.2) is 0 Å². The standard InChI is InChI=1S/C58H39NO/c1-3-15-44(16-4-1)50-20-9-10-22-54(50)58-51(45-17-5-2-6-18-45)23-13-24-55(58)59(49-36-37-53-52-21-11-12-25-56(52)60-57(53)39-49)48-34-32-42(33-35-48)41-26-28-43(29-27-41)47-31-30-40-14-7-8-19-46(40)38-47/h1-39H. The third-order valence-corrected chi connectivity index (χ3v) is 11.7. The van der Waals surface area contributed by atoms with E-state index in [2.05, 4.69) is 229 Å². The molecule has 0 spiro atoms. The Balaban J connectivity index is 1.07. The smallest absolute Gasteiger partial charge is 0.137 e. The number of fused-ring (bicyclic) bond motifs is 4. The Labute approximate surface area is 349 Å². The lowest BCUT2D eigenvalue weighted by Crippen LogP contribution is -2.12. The molecule has 11 rings (SSSR count). The molecule has 0 aliphatic carbocycles. The van der Waals surface area contributed by atoms with E-state index in [0.717, 1.165) is 66.8 Å². The zero-order valence-electron chi connectivity index (χ0n) is 32.9. The van der Waals surface area contributed by atoms with E-state index in [-0.39, 0.29) is 0 Å². The minimum absolute atomic E-state index is 0.854. The molecule has 0 amide bonds. The molecule has 0 N–H and O–H groups in total. The third-order valence-electron chi connectivity index (χ3n) is 11.7. The van der Waals surface area contributed by atoms with E-state index in [9.17, 15) is 0 Å². The summed E-state index contributed by atoms with van der Waals surface area (Å²) in [6, 6.07) is 84.9. The molecular formula is C58H39NO. The van der Waals surface area contributed by atoms with Crippen LogP contribution in [0, 0.1) is 0 Å². The lowest BCUT2D eigenvalue weighted by molar-refractivity contribution is 0.669. The predicted octanol–water partition coefficient (Wildman–Crippen LogP) is 16.5. The third kappa shape index (κ3) is 6.41. The summed E-state index contributed by atoms with van der Waals surface area (Å²) in [6.45, 7) is 0. The van der Waals surface area contributed by atoms with Crippen molar-refractivity contribution in [2.24, 2.45) is 0 Å². The Morgan fingerprint density at radius 1 is 0.283 bits per heavy atom. The summed E-state index contributed by atoms with van der Waals surface area (Å²) in [5.74, 6) is 0. The number of hydrogen-bond donors (Lipinski definition) is 0. The maximum absolute atomic E-state index is 6.51. The van der Waals surface area contributed by atoms with Crippen LogP contribution >= 0.6 is 0 Å². The van der Waals surface area contributed by atoms with Crippen LogP contribution < -0.4 is 4.90 Å². The van der Waals surface area contributed by atoms with Crippen LogP contribution in [0.2, 0.25) is 0 Å². The number of rotatable bonds is 8. The van der Waals surface area contributed by atoms with Crippen molar-refractivity contribution in [3.63, 3.8) is 0 Å². The first kappa shape index (κ1) is 35.2. The van der Waals surface area contributed by atoms with Gasteiger partial charge in [-0.3, -0.25) is 0 Å². The van der Waals surface area contributed by atoms with Gasteiger partial charge in [0.2, 0.25) is 0 Å². The highest BCUT2D eigenvalue weighted by Gasteiger charge is 2.23. The van der Waals surface area contributed by atoms with Crippen molar-refractivity contribution in [3.8, 4) is 55.6 Å². The van der Waals surface area contributed by atoms with Crippen molar-refractivity contribution in [1.82, 2.24) is 0 Å². The molecule has 60 heavy (non-hydrogen) atoms. The van der Waals surface area contributed by atoms with E-state index < -0.39 is 0 Å². The van der Waals surface area contributed by atoms with Crippen LogP contribution in [0.1, 0.15) is 0 Å². The molecule has 0 saturated carbocycles. The van der Waals surface area contributed by atoms with E-state index in [1.54, 1.807) is 0 Å². The van der Waals surface area contributed by atoms with Crippen LogP contribution in [0.4, 0.5) is 17.1 Å². The van der Waals surface area contributed by atoms with Crippen LogP contribution in [-0.4, -0.2) is 0 Å². The summed E-state index contributed by atoms with van der Waals surface area (Å²) in [5.41, 5.74) is 16.6. The van der Waals surface area contributed by atoms with Crippen LogP contribution in [0.15, 0.2) is 241 Å². The molecule has 0 saturated heterocycles. The molecule has 11 aromatic rings. The van der Waals surface area contributed by atoms with Gasteiger partial charge in [0.15, 0.2) is 0 Å². The van der Waals surface area contributed by atoms with E-state index in [4.69, 9.17) is 4.42 Å². The summed E-state index contributed by atoms with van der Waals surface area (Å²) >= 11 is 0. The van der Waals surface area contributed by atoms with Gasteiger partial charge in [-0.15, -0.1) is 0 Å². The topological polar surface area (TPSA) is 16.4 Å². The Morgan fingerprint density at radius 2 is 0.817 bits per heavy atom. The molecule has 10 aromatic carbocycles. The second-order valence-corrected chi connectivity index (χ2v) is 15.3. The predicted molar refractivity (Wildman–Crippen MR) is 253 cm³/mol. The van der Waals surface area contributed by atoms with E-state index in [0.29, 0.717) is 0 Å².